The minimum atomic E-state index is 0.135. The lowest BCUT2D eigenvalue weighted by atomic mass is 9.90. The van der Waals surface area contributed by atoms with E-state index in [2.05, 4.69) is 46.9 Å². The van der Waals surface area contributed by atoms with Crippen LogP contribution in [0.2, 0.25) is 0 Å². The van der Waals surface area contributed by atoms with Crippen LogP contribution in [-0.2, 0) is 4.79 Å². The standard InChI is InChI=1S/C16H32N2O/c1-15(2,3)10-7-8-14(19)18-11-9-13(12-18)17-16(4,5)6/h13,17H,7-12H2,1-6H3/t13-/m0/s1. The summed E-state index contributed by atoms with van der Waals surface area (Å²) in [6.45, 7) is 15.0. The fourth-order valence-electron chi connectivity index (χ4n) is 2.65. The van der Waals surface area contributed by atoms with Gasteiger partial charge in [0, 0.05) is 31.1 Å². The van der Waals surface area contributed by atoms with Crippen LogP contribution in [-0.4, -0.2) is 35.5 Å². The molecule has 1 heterocycles. The molecule has 1 aliphatic rings. The highest BCUT2D eigenvalue weighted by molar-refractivity contribution is 5.76. The second-order valence-electron chi connectivity index (χ2n) is 8.13. The van der Waals surface area contributed by atoms with Gasteiger partial charge in [0.15, 0.2) is 0 Å². The molecule has 0 aromatic heterocycles. The first kappa shape index (κ1) is 16.5. The molecule has 112 valence electrons. The largest absolute Gasteiger partial charge is 0.341 e. The number of likely N-dealkylation sites (tertiary alicyclic amines) is 1. The van der Waals surface area contributed by atoms with Crippen molar-refractivity contribution in [2.45, 2.75) is 78.8 Å². The van der Waals surface area contributed by atoms with Crippen LogP contribution in [0.15, 0.2) is 0 Å². The van der Waals surface area contributed by atoms with Crippen LogP contribution in [0.4, 0.5) is 0 Å². The minimum Gasteiger partial charge on any atom is -0.341 e. The van der Waals surface area contributed by atoms with E-state index in [0.29, 0.717) is 23.8 Å². The number of amides is 1. The Hall–Kier alpha value is -0.570. The summed E-state index contributed by atoms with van der Waals surface area (Å²) in [5, 5.41) is 3.59. The van der Waals surface area contributed by atoms with E-state index in [0.717, 1.165) is 32.4 Å². The Balaban J connectivity index is 2.28. The molecule has 1 rings (SSSR count). The lowest BCUT2D eigenvalue weighted by Gasteiger charge is -2.26. The quantitative estimate of drug-likeness (QED) is 0.849. The summed E-state index contributed by atoms with van der Waals surface area (Å²) in [4.78, 5) is 14.2. The number of rotatable bonds is 4. The summed E-state index contributed by atoms with van der Waals surface area (Å²) in [6.07, 6.45) is 3.92. The molecule has 0 spiro atoms. The number of hydrogen-bond donors (Lipinski definition) is 1. The third-order valence-electron chi connectivity index (χ3n) is 3.50. The van der Waals surface area contributed by atoms with Crippen LogP contribution >= 0.6 is 0 Å². The summed E-state index contributed by atoms with van der Waals surface area (Å²) >= 11 is 0. The van der Waals surface area contributed by atoms with Crippen LogP contribution in [0.5, 0.6) is 0 Å². The van der Waals surface area contributed by atoms with E-state index in [1.807, 2.05) is 4.90 Å². The normalized spacial score (nSPS) is 20.9. The van der Waals surface area contributed by atoms with Crippen LogP contribution in [0.25, 0.3) is 0 Å². The Morgan fingerprint density at radius 1 is 1.21 bits per heavy atom. The van der Waals surface area contributed by atoms with Gasteiger partial charge >= 0.3 is 0 Å². The van der Waals surface area contributed by atoms with Crippen molar-refractivity contribution >= 4 is 5.91 Å². The lowest BCUT2D eigenvalue weighted by molar-refractivity contribution is -0.130. The molecule has 1 atom stereocenters. The average Bonchev–Trinajstić information content (AvgIpc) is 2.61. The third kappa shape index (κ3) is 6.95. The van der Waals surface area contributed by atoms with Gasteiger partial charge in [-0.15, -0.1) is 0 Å². The van der Waals surface area contributed by atoms with Crippen molar-refractivity contribution in [3.05, 3.63) is 0 Å². The van der Waals surface area contributed by atoms with Gasteiger partial charge in [-0.2, -0.15) is 0 Å². The van der Waals surface area contributed by atoms with E-state index in [1.54, 1.807) is 0 Å². The maximum absolute atomic E-state index is 12.1. The second kappa shape index (κ2) is 6.25. The van der Waals surface area contributed by atoms with E-state index >= 15 is 0 Å². The molecular weight excluding hydrogens is 236 g/mol. The van der Waals surface area contributed by atoms with Crippen molar-refractivity contribution in [3.8, 4) is 0 Å². The molecule has 1 amide bonds. The van der Waals surface area contributed by atoms with Gasteiger partial charge in [0.05, 0.1) is 0 Å². The van der Waals surface area contributed by atoms with Crippen molar-refractivity contribution in [2.24, 2.45) is 5.41 Å². The van der Waals surface area contributed by atoms with Crippen LogP contribution in [0.1, 0.15) is 67.2 Å². The Labute approximate surface area is 119 Å². The maximum atomic E-state index is 12.1. The summed E-state index contributed by atoms with van der Waals surface area (Å²) in [6, 6.07) is 0.464. The fraction of sp³-hybridized carbons (Fsp3) is 0.938. The predicted molar refractivity (Wildman–Crippen MR) is 81.2 cm³/mol. The molecule has 1 aliphatic heterocycles. The van der Waals surface area contributed by atoms with Gasteiger partial charge in [-0.3, -0.25) is 4.79 Å². The van der Waals surface area contributed by atoms with Crippen LogP contribution < -0.4 is 5.32 Å². The molecule has 3 heteroatoms. The zero-order valence-electron chi connectivity index (χ0n) is 13.7. The first-order chi connectivity index (χ1) is 8.57. The van der Waals surface area contributed by atoms with Crippen molar-refractivity contribution < 1.29 is 4.79 Å². The molecule has 1 saturated heterocycles. The van der Waals surface area contributed by atoms with Crippen molar-refractivity contribution in [1.29, 1.82) is 0 Å². The monoisotopic (exact) mass is 268 g/mol. The molecule has 19 heavy (non-hydrogen) atoms. The van der Waals surface area contributed by atoms with E-state index in [4.69, 9.17) is 0 Å². The van der Waals surface area contributed by atoms with Crippen LogP contribution in [0.3, 0.4) is 0 Å². The van der Waals surface area contributed by atoms with Crippen molar-refractivity contribution in [3.63, 3.8) is 0 Å². The smallest absolute Gasteiger partial charge is 0.222 e. The number of nitrogens with zero attached hydrogens (tertiary/aromatic N) is 1. The van der Waals surface area contributed by atoms with E-state index < -0.39 is 0 Å². The molecular formula is C16H32N2O. The van der Waals surface area contributed by atoms with Gasteiger partial charge in [-0.1, -0.05) is 20.8 Å². The Bertz CT molecular complexity index is 299. The lowest BCUT2D eigenvalue weighted by Crippen LogP contribution is -2.45. The van der Waals surface area contributed by atoms with E-state index in [1.165, 1.54) is 0 Å². The SMILES string of the molecule is CC(C)(C)CCCC(=O)N1CC[C@H](NC(C)(C)C)C1. The van der Waals surface area contributed by atoms with E-state index in [9.17, 15) is 4.79 Å². The van der Waals surface area contributed by atoms with Gasteiger partial charge in [-0.25, -0.2) is 0 Å². The molecule has 0 unspecified atom stereocenters. The highest BCUT2D eigenvalue weighted by Gasteiger charge is 2.28. The molecule has 0 aliphatic carbocycles. The molecule has 1 fully saturated rings. The molecule has 0 aromatic rings. The Kier molecular flexibility index (Phi) is 5.43. The first-order valence-corrected chi connectivity index (χ1v) is 7.62. The minimum absolute atomic E-state index is 0.135. The number of carbonyl (C=O) groups is 1. The predicted octanol–water partition coefficient (Wildman–Crippen LogP) is 3.19. The second-order valence-corrected chi connectivity index (χ2v) is 8.13. The van der Waals surface area contributed by atoms with Crippen molar-refractivity contribution in [2.75, 3.05) is 13.1 Å². The molecule has 1 N–H and O–H groups in total. The van der Waals surface area contributed by atoms with Gasteiger partial charge < -0.3 is 10.2 Å². The number of hydrogen-bond acceptors (Lipinski definition) is 2. The van der Waals surface area contributed by atoms with Gasteiger partial charge in [0.1, 0.15) is 0 Å². The molecule has 0 radical (unpaired) electrons. The zero-order valence-corrected chi connectivity index (χ0v) is 13.7. The molecule has 0 saturated carbocycles. The van der Waals surface area contributed by atoms with Crippen LogP contribution in [0, 0.1) is 5.41 Å². The van der Waals surface area contributed by atoms with Gasteiger partial charge in [0.2, 0.25) is 5.91 Å². The number of carbonyl (C=O) groups excluding carboxylic acids is 1. The molecule has 0 bridgehead atoms. The summed E-state index contributed by atoms with van der Waals surface area (Å²) in [5.41, 5.74) is 0.470. The highest BCUT2D eigenvalue weighted by Crippen LogP contribution is 2.22. The van der Waals surface area contributed by atoms with E-state index in [-0.39, 0.29) is 5.54 Å². The molecule has 0 aromatic carbocycles. The topological polar surface area (TPSA) is 32.3 Å². The number of nitrogens with one attached hydrogen (secondary N) is 1. The summed E-state index contributed by atoms with van der Waals surface area (Å²) in [7, 11) is 0. The van der Waals surface area contributed by atoms with Crippen molar-refractivity contribution in [1.82, 2.24) is 10.2 Å². The Morgan fingerprint density at radius 2 is 1.84 bits per heavy atom. The third-order valence-corrected chi connectivity index (χ3v) is 3.50. The first-order valence-electron chi connectivity index (χ1n) is 7.62. The molecule has 3 nitrogen and oxygen atoms in total. The zero-order chi connectivity index (χ0) is 14.7. The Morgan fingerprint density at radius 3 is 2.37 bits per heavy atom. The summed E-state index contributed by atoms with van der Waals surface area (Å²) < 4.78 is 0. The van der Waals surface area contributed by atoms with Gasteiger partial charge in [0.25, 0.3) is 0 Å². The fourth-order valence-corrected chi connectivity index (χ4v) is 2.65. The maximum Gasteiger partial charge on any atom is 0.222 e. The highest BCUT2D eigenvalue weighted by atomic mass is 16.2. The average molecular weight is 268 g/mol. The van der Waals surface area contributed by atoms with Gasteiger partial charge in [-0.05, 0) is 45.4 Å². The summed E-state index contributed by atoms with van der Waals surface area (Å²) in [5.74, 6) is 0.336.